The van der Waals surface area contributed by atoms with E-state index in [0.29, 0.717) is 12.1 Å². The smallest absolute Gasteiger partial charge is 0.419 e. The van der Waals surface area contributed by atoms with E-state index < -0.39 is 17.6 Å². The molecule has 1 aliphatic rings. The van der Waals surface area contributed by atoms with Crippen molar-refractivity contribution in [2.75, 3.05) is 20.2 Å². The number of ether oxygens (including phenoxy) is 1. The monoisotopic (exact) mass is 277 g/mol. The summed E-state index contributed by atoms with van der Waals surface area (Å²) in [6, 6.07) is 1.71. The zero-order chi connectivity index (χ0) is 14.0. The molecule has 1 aromatic carbocycles. The highest BCUT2D eigenvalue weighted by Crippen LogP contribution is 2.38. The Hall–Kier alpha value is -1.30. The van der Waals surface area contributed by atoms with Gasteiger partial charge in [0.15, 0.2) is 0 Å². The quantitative estimate of drug-likeness (QED) is 0.837. The van der Waals surface area contributed by atoms with Crippen LogP contribution < -0.4 is 10.1 Å². The van der Waals surface area contributed by atoms with Gasteiger partial charge in [-0.25, -0.2) is 4.39 Å². The standard InChI is InChI=1S/C13H15F4NO/c1-19-12-6-10(13(15,16)17)11(14)5-9(12)8-3-2-4-18-7-8/h5-6,8,18H,2-4,7H2,1H3/t8-/m0/s1. The van der Waals surface area contributed by atoms with Gasteiger partial charge in [-0.3, -0.25) is 0 Å². The third kappa shape index (κ3) is 3.00. The van der Waals surface area contributed by atoms with Crippen molar-refractivity contribution in [3.8, 4) is 5.75 Å². The Morgan fingerprint density at radius 1 is 1.32 bits per heavy atom. The number of methoxy groups -OCH3 is 1. The normalized spacial score (nSPS) is 20.4. The number of rotatable bonds is 2. The number of hydrogen-bond donors (Lipinski definition) is 1. The fourth-order valence-electron chi connectivity index (χ4n) is 2.40. The van der Waals surface area contributed by atoms with Crippen LogP contribution in [0.25, 0.3) is 0 Å². The molecule has 1 heterocycles. The van der Waals surface area contributed by atoms with Gasteiger partial charge in [-0.1, -0.05) is 0 Å². The average Bonchev–Trinajstić information content (AvgIpc) is 2.38. The zero-order valence-electron chi connectivity index (χ0n) is 10.5. The van der Waals surface area contributed by atoms with E-state index in [4.69, 9.17) is 4.74 Å². The highest BCUT2D eigenvalue weighted by atomic mass is 19.4. The van der Waals surface area contributed by atoms with Crippen LogP contribution in [-0.2, 0) is 6.18 Å². The van der Waals surface area contributed by atoms with Crippen molar-refractivity contribution in [3.05, 3.63) is 29.1 Å². The molecular weight excluding hydrogens is 262 g/mol. The predicted octanol–water partition coefficient (Wildman–Crippen LogP) is 3.32. The summed E-state index contributed by atoms with van der Waals surface area (Å²) in [6.45, 7) is 1.50. The second kappa shape index (κ2) is 5.36. The first-order valence-electron chi connectivity index (χ1n) is 6.09. The summed E-state index contributed by atoms with van der Waals surface area (Å²) in [5.41, 5.74) is -0.780. The minimum absolute atomic E-state index is 0.0134. The molecule has 1 aliphatic heterocycles. The van der Waals surface area contributed by atoms with E-state index in [-0.39, 0.29) is 11.7 Å². The van der Waals surface area contributed by atoms with Gasteiger partial charge in [0, 0.05) is 18.0 Å². The molecule has 1 aromatic rings. The molecule has 0 aromatic heterocycles. The van der Waals surface area contributed by atoms with Crippen molar-refractivity contribution in [2.24, 2.45) is 0 Å². The zero-order valence-corrected chi connectivity index (χ0v) is 10.5. The van der Waals surface area contributed by atoms with E-state index >= 15 is 0 Å². The molecule has 0 aliphatic carbocycles. The van der Waals surface area contributed by atoms with Crippen LogP contribution >= 0.6 is 0 Å². The van der Waals surface area contributed by atoms with E-state index in [1.54, 1.807) is 0 Å². The fraction of sp³-hybridized carbons (Fsp3) is 0.538. The summed E-state index contributed by atoms with van der Waals surface area (Å²) in [7, 11) is 1.30. The maximum Gasteiger partial charge on any atom is 0.419 e. The van der Waals surface area contributed by atoms with Crippen LogP contribution in [0.5, 0.6) is 5.75 Å². The van der Waals surface area contributed by atoms with E-state index in [0.717, 1.165) is 31.5 Å². The number of benzene rings is 1. The van der Waals surface area contributed by atoms with Gasteiger partial charge in [0.05, 0.1) is 12.7 Å². The number of piperidine rings is 1. The Kier molecular flexibility index (Phi) is 3.99. The third-order valence-corrected chi connectivity index (χ3v) is 3.36. The third-order valence-electron chi connectivity index (χ3n) is 3.36. The molecule has 0 unspecified atom stereocenters. The minimum atomic E-state index is -4.71. The molecule has 0 spiro atoms. The molecule has 106 valence electrons. The molecular formula is C13H15F4NO. The minimum Gasteiger partial charge on any atom is -0.496 e. The molecule has 1 atom stereocenters. The predicted molar refractivity (Wildman–Crippen MR) is 62.8 cm³/mol. The van der Waals surface area contributed by atoms with Gasteiger partial charge in [-0.2, -0.15) is 13.2 Å². The summed E-state index contributed by atoms with van der Waals surface area (Å²) in [4.78, 5) is 0. The van der Waals surface area contributed by atoms with Crippen LogP contribution in [-0.4, -0.2) is 20.2 Å². The van der Waals surface area contributed by atoms with Gasteiger partial charge >= 0.3 is 6.18 Å². The van der Waals surface area contributed by atoms with Crippen LogP contribution in [0.3, 0.4) is 0 Å². The van der Waals surface area contributed by atoms with Gasteiger partial charge in [-0.15, -0.1) is 0 Å². The van der Waals surface area contributed by atoms with E-state index in [1.165, 1.54) is 7.11 Å². The molecule has 0 saturated carbocycles. The fourth-order valence-corrected chi connectivity index (χ4v) is 2.40. The first-order chi connectivity index (χ1) is 8.93. The number of halogens is 4. The second-order valence-corrected chi connectivity index (χ2v) is 4.62. The number of hydrogen-bond acceptors (Lipinski definition) is 2. The highest BCUT2D eigenvalue weighted by Gasteiger charge is 2.36. The molecule has 1 saturated heterocycles. The van der Waals surface area contributed by atoms with Gasteiger partial charge in [0.1, 0.15) is 11.6 Å². The molecule has 2 rings (SSSR count). The average molecular weight is 277 g/mol. The van der Waals surface area contributed by atoms with Crippen LogP contribution in [0.4, 0.5) is 17.6 Å². The maximum atomic E-state index is 13.6. The van der Waals surface area contributed by atoms with E-state index in [1.807, 2.05) is 0 Å². The van der Waals surface area contributed by atoms with Crippen molar-refractivity contribution in [3.63, 3.8) is 0 Å². The molecule has 0 amide bonds. The van der Waals surface area contributed by atoms with Crippen molar-refractivity contribution in [1.82, 2.24) is 5.32 Å². The molecule has 0 radical (unpaired) electrons. The van der Waals surface area contributed by atoms with E-state index in [9.17, 15) is 17.6 Å². The lowest BCUT2D eigenvalue weighted by Crippen LogP contribution is -2.28. The number of alkyl halides is 3. The lowest BCUT2D eigenvalue weighted by atomic mass is 9.90. The summed E-state index contributed by atoms with van der Waals surface area (Å²) >= 11 is 0. The molecule has 0 bridgehead atoms. The Bertz CT molecular complexity index is 453. The number of nitrogens with one attached hydrogen (secondary N) is 1. The first kappa shape index (κ1) is 14.1. The molecule has 2 nitrogen and oxygen atoms in total. The molecule has 1 fully saturated rings. The van der Waals surface area contributed by atoms with Crippen molar-refractivity contribution < 1.29 is 22.3 Å². The van der Waals surface area contributed by atoms with Crippen molar-refractivity contribution in [2.45, 2.75) is 24.9 Å². The second-order valence-electron chi connectivity index (χ2n) is 4.62. The van der Waals surface area contributed by atoms with Gasteiger partial charge in [-0.05, 0) is 31.5 Å². The summed E-state index contributed by atoms with van der Waals surface area (Å²) < 4.78 is 56.5. The van der Waals surface area contributed by atoms with Crippen LogP contribution in [0.2, 0.25) is 0 Å². The van der Waals surface area contributed by atoms with Gasteiger partial charge in [0.2, 0.25) is 0 Å². The van der Waals surface area contributed by atoms with Crippen LogP contribution in [0.15, 0.2) is 12.1 Å². The largest absolute Gasteiger partial charge is 0.496 e. The maximum absolute atomic E-state index is 13.6. The topological polar surface area (TPSA) is 21.3 Å². The molecule has 19 heavy (non-hydrogen) atoms. The summed E-state index contributed by atoms with van der Waals surface area (Å²) in [6.07, 6.45) is -2.98. The van der Waals surface area contributed by atoms with Crippen molar-refractivity contribution >= 4 is 0 Å². The van der Waals surface area contributed by atoms with Gasteiger partial charge < -0.3 is 10.1 Å². The lowest BCUT2D eigenvalue weighted by Gasteiger charge is -2.25. The molecule has 6 heteroatoms. The lowest BCUT2D eigenvalue weighted by molar-refractivity contribution is -0.140. The first-order valence-corrected chi connectivity index (χ1v) is 6.09. The molecule has 1 N–H and O–H groups in total. The van der Waals surface area contributed by atoms with Gasteiger partial charge in [0.25, 0.3) is 0 Å². The Morgan fingerprint density at radius 2 is 2.05 bits per heavy atom. The summed E-state index contributed by atoms with van der Waals surface area (Å²) in [5, 5.41) is 3.15. The highest BCUT2D eigenvalue weighted by molar-refractivity contribution is 5.42. The van der Waals surface area contributed by atoms with Crippen molar-refractivity contribution in [1.29, 1.82) is 0 Å². The Labute approximate surface area is 108 Å². The van der Waals surface area contributed by atoms with Crippen LogP contribution in [0, 0.1) is 5.82 Å². The summed E-state index contributed by atoms with van der Waals surface area (Å²) in [5.74, 6) is -1.16. The van der Waals surface area contributed by atoms with Crippen LogP contribution in [0.1, 0.15) is 29.9 Å². The Balaban J connectivity index is 2.41. The Morgan fingerprint density at radius 3 is 2.58 bits per heavy atom. The van der Waals surface area contributed by atoms with E-state index in [2.05, 4.69) is 5.32 Å². The SMILES string of the molecule is COc1cc(C(F)(F)F)c(F)cc1[C@H]1CCCNC1.